The van der Waals surface area contributed by atoms with Crippen LogP contribution in [0.3, 0.4) is 0 Å². The van der Waals surface area contributed by atoms with Crippen LogP contribution in [0.2, 0.25) is 0 Å². The maximum absolute atomic E-state index is 14.0. The molecule has 2 saturated heterocycles. The van der Waals surface area contributed by atoms with E-state index in [4.69, 9.17) is 9.84 Å². The highest BCUT2D eigenvalue weighted by Gasteiger charge is 2.37. The standard InChI is InChI=1S/C27H28F2N4O3S/c28-27(29)9-4-10-31(18-27)16-19-5-3-6-20(15-19)33-25-21-7-1-2-8-23(21)37(35)17-22(25)24(30-33)26(34)32-11-13-36-14-12-32/h1-3,5-8,15H,4,9-14,16-18H2. The number of alkyl halides is 2. The van der Waals surface area contributed by atoms with Gasteiger partial charge in [0, 0.05) is 26.1 Å². The number of nitrogens with zero attached hydrogens (tertiary/aromatic N) is 4. The maximum Gasteiger partial charge on any atom is 0.275 e. The predicted octanol–water partition coefficient (Wildman–Crippen LogP) is 3.86. The minimum atomic E-state index is -2.66. The lowest BCUT2D eigenvalue weighted by atomic mass is 10.0. The third-order valence-corrected chi connectivity index (χ3v) is 8.58. The molecule has 3 aromatic rings. The zero-order valence-corrected chi connectivity index (χ0v) is 21.2. The Hall–Kier alpha value is -2.79. The van der Waals surface area contributed by atoms with E-state index in [0.717, 1.165) is 22.5 Å². The number of amides is 1. The van der Waals surface area contributed by atoms with E-state index in [1.54, 1.807) is 14.5 Å². The van der Waals surface area contributed by atoms with Gasteiger partial charge in [-0.15, -0.1) is 0 Å². The van der Waals surface area contributed by atoms with Crippen LogP contribution in [0, 0.1) is 0 Å². The van der Waals surface area contributed by atoms with E-state index in [1.165, 1.54) is 0 Å². The molecule has 0 spiro atoms. The number of fused-ring (bicyclic) bond motifs is 3. The van der Waals surface area contributed by atoms with Gasteiger partial charge in [0.2, 0.25) is 0 Å². The molecule has 1 aromatic heterocycles. The van der Waals surface area contributed by atoms with Crippen molar-refractivity contribution in [1.29, 1.82) is 0 Å². The first kappa shape index (κ1) is 24.5. The van der Waals surface area contributed by atoms with Crippen LogP contribution in [0.15, 0.2) is 53.4 Å². The van der Waals surface area contributed by atoms with Gasteiger partial charge in [0.1, 0.15) is 5.75 Å². The molecule has 2 fully saturated rings. The molecule has 3 aliphatic heterocycles. The molecule has 1 amide bonds. The second kappa shape index (κ2) is 9.83. The van der Waals surface area contributed by atoms with Crippen molar-refractivity contribution in [2.75, 3.05) is 39.4 Å². The molecule has 2 aromatic carbocycles. The lowest BCUT2D eigenvalue weighted by Gasteiger charge is -2.32. The van der Waals surface area contributed by atoms with Crippen LogP contribution in [0.5, 0.6) is 0 Å². The minimum absolute atomic E-state index is 0.0658. The van der Waals surface area contributed by atoms with Crippen LogP contribution >= 0.6 is 0 Å². The Morgan fingerprint density at radius 1 is 1.11 bits per heavy atom. The minimum Gasteiger partial charge on any atom is -0.611 e. The number of benzene rings is 2. The van der Waals surface area contributed by atoms with Gasteiger partial charge in [-0.3, -0.25) is 9.69 Å². The number of aromatic nitrogens is 2. The molecule has 0 saturated carbocycles. The van der Waals surface area contributed by atoms with Crippen molar-refractivity contribution in [1.82, 2.24) is 19.6 Å². The number of hydrogen-bond acceptors (Lipinski definition) is 5. The van der Waals surface area contributed by atoms with Gasteiger partial charge in [-0.25, -0.2) is 13.5 Å². The van der Waals surface area contributed by atoms with Crippen molar-refractivity contribution < 1.29 is 22.9 Å². The number of piperidine rings is 1. The van der Waals surface area contributed by atoms with E-state index in [0.29, 0.717) is 62.0 Å². The number of likely N-dealkylation sites (tertiary alicyclic amines) is 1. The zero-order chi connectivity index (χ0) is 25.6. The molecule has 3 aliphatic rings. The van der Waals surface area contributed by atoms with E-state index in [9.17, 15) is 18.1 Å². The molecule has 6 rings (SSSR count). The van der Waals surface area contributed by atoms with Crippen molar-refractivity contribution in [3.8, 4) is 16.9 Å². The molecule has 0 N–H and O–H groups in total. The first-order valence-corrected chi connectivity index (χ1v) is 13.9. The highest BCUT2D eigenvalue weighted by Crippen LogP contribution is 2.41. The molecule has 1 atom stereocenters. The number of ether oxygens (including phenoxy) is 1. The quantitative estimate of drug-likeness (QED) is 0.483. The number of hydrogen-bond donors (Lipinski definition) is 0. The summed E-state index contributed by atoms with van der Waals surface area (Å²) in [6, 6.07) is 15.2. The smallest absolute Gasteiger partial charge is 0.275 e. The Morgan fingerprint density at radius 2 is 1.92 bits per heavy atom. The molecule has 37 heavy (non-hydrogen) atoms. The SMILES string of the molecule is O=C(c1nn(-c2cccc(CN3CCCC(F)(F)C3)c2)c2c1C[S+]([O-])c1ccccc1-2)N1CCOCC1. The van der Waals surface area contributed by atoms with Gasteiger partial charge >= 0.3 is 0 Å². The number of halogens is 2. The summed E-state index contributed by atoms with van der Waals surface area (Å²) in [5, 5.41) is 4.80. The van der Waals surface area contributed by atoms with Crippen molar-refractivity contribution in [2.24, 2.45) is 0 Å². The second-order valence-corrected chi connectivity index (χ2v) is 11.2. The molecule has 0 radical (unpaired) electrons. The van der Waals surface area contributed by atoms with Crippen molar-refractivity contribution in [3.05, 3.63) is 65.4 Å². The van der Waals surface area contributed by atoms with Gasteiger partial charge in [-0.1, -0.05) is 24.3 Å². The van der Waals surface area contributed by atoms with Crippen molar-refractivity contribution >= 4 is 17.1 Å². The van der Waals surface area contributed by atoms with Crippen LogP contribution in [0.4, 0.5) is 8.78 Å². The zero-order valence-electron chi connectivity index (χ0n) is 20.4. The van der Waals surface area contributed by atoms with Crippen LogP contribution in [0.1, 0.15) is 34.5 Å². The first-order chi connectivity index (χ1) is 17.9. The van der Waals surface area contributed by atoms with Crippen LogP contribution in [0.25, 0.3) is 16.9 Å². The summed E-state index contributed by atoms with van der Waals surface area (Å²) in [7, 11) is 0. The number of morpholine rings is 1. The Kier molecular flexibility index (Phi) is 6.52. The lowest BCUT2D eigenvalue weighted by Crippen LogP contribution is -2.42. The molecular formula is C27H28F2N4O3S. The average Bonchev–Trinajstić information content (AvgIpc) is 3.28. The molecular weight excluding hydrogens is 498 g/mol. The van der Waals surface area contributed by atoms with E-state index in [-0.39, 0.29) is 24.6 Å². The third-order valence-electron chi connectivity index (χ3n) is 7.18. The van der Waals surface area contributed by atoms with E-state index in [1.807, 2.05) is 48.5 Å². The Labute approximate surface area is 217 Å². The first-order valence-electron chi connectivity index (χ1n) is 12.6. The Balaban J connectivity index is 1.41. The van der Waals surface area contributed by atoms with Gasteiger partial charge in [0.05, 0.1) is 42.3 Å². The summed E-state index contributed by atoms with van der Waals surface area (Å²) in [6.07, 6.45) is 0.407. The maximum atomic E-state index is 14.0. The fraction of sp³-hybridized carbons (Fsp3) is 0.407. The predicted molar refractivity (Wildman–Crippen MR) is 135 cm³/mol. The average molecular weight is 527 g/mol. The van der Waals surface area contributed by atoms with Crippen molar-refractivity contribution in [3.63, 3.8) is 0 Å². The summed E-state index contributed by atoms with van der Waals surface area (Å²) in [5.41, 5.74) is 4.16. The van der Waals surface area contributed by atoms with Crippen LogP contribution in [-0.2, 0) is 28.2 Å². The highest BCUT2D eigenvalue weighted by molar-refractivity contribution is 7.90. The summed E-state index contributed by atoms with van der Waals surface area (Å²) in [6.45, 7) is 2.71. The summed E-state index contributed by atoms with van der Waals surface area (Å²) in [5.74, 6) is -2.65. The summed E-state index contributed by atoms with van der Waals surface area (Å²) >= 11 is -1.29. The third kappa shape index (κ3) is 4.79. The Morgan fingerprint density at radius 3 is 2.73 bits per heavy atom. The van der Waals surface area contributed by atoms with E-state index < -0.39 is 17.1 Å². The fourth-order valence-corrected chi connectivity index (χ4v) is 6.77. The number of carbonyl (C=O) groups excluding carboxylic acids is 1. The largest absolute Gasteiger partial charge is 0.611 e. The van der Waals surface area contributed by atoms with Gasteiger partial charge < -0.3 is 14.2 Å². The molecule has 1 unspecified atom stereocenters. The topological polar surface area (TPSA) is 73.7 Å². The van der Waals surface area contributed by atoms with Gasteiger partial charge in [-0.05, 0) is 54.0 Å². The Bertz CT molecular complexity index is 1320. The van der Waals surface area contributed by atoms with Gasteiger partial charge in [-0.2, -0.15) is 5.10 Å². The normalized spacial score (nSPS) is 21.4. The molecule has 0 aliphatic carbocycles. The molecule has 4 heterocycles. The molecule has 10 heteroatoms. The molecule has 0 bridgehead atoms. The van der Waals surface area contributed by atoms with Crippen LogP contribution in [-0.4, -0.2) is 75.4 Å². The second-order valence-electron chi connectivity index (χ2n) is 9.82. The van der Waals surface area contributed by atoms with E-state index >= 15 is 0 Å². The molecule has 194 valence electrons. The fourth-order valence-electron chi connectivity index (χ4n) is 5.43. The van der Waals surface area contributed by atoms with Crippen LogP contribution < -0.4 is 0 Å². The molecule has 7 nitrogen and oxygen atoms in total. The number of carbonyl (C=O) groups is 1. The van der Waals surface area contributed by atoms with Gasteiger partial charge in [0.15, 0.2) is 10.6 Å². The van der Waals surface area contributed by atoms with E-state index in [2.05, 4.69) is 0 Å². The summed E-state index contributed by atoms with van der Waals surface area (Å²) in [4.78, 5) is 17.8. The summed E-state index contributed by atoms with van der Waals surface area (Å²) < 4.78 is 48.2. The van der Waals surface area contributed by atoms with Crippen molar-refractivity contribution in [2.45, 2.75) is 36.0 Å². The monoisotopic (exact) mass is 526 g/mol. The highest BCUT2D eigenvalue weighted by atomic mass is 32.2. The number of rotatable bonds is 4. The van der Waals surface area contributed by atoms with Gasteiger partial charge in [0.25, 0.3) is 11.8 Å². The lowest BCUT2D eigenvalue weighted by molar-refractivity contribution is -0.0661.